The van der Waals surface area contributed by atoms with Crippen LogP contribution in [0.4, 0.5) is 0 Å². The van der Waals surface area contributed by atoms with Crippen molar-refractivity contribution in [2.24, 2.45) is 0 Å². The molecule has 0 aliphatic heterocycles. The Bertz CT molecular complexity index is 266. The zero-order chi connectivity index (χ0) is 10.6. The van der Waals surface area contributed by atoms with E-state index in [9.17, 15) is 5.11 Å². The van der Waals surface area contributed by atoms with E-state index >= 15 is 0 Å². The number of aliphatic hydroxyl groups is 1. The van der Waals surface area contributed by atoms with Crippen LogP contribution in [-0.2, 0) is 6.54 Å². The Balaban J connectivity index is 2.46. The van der Waals surface area contributed by atoms with Gasteiger partial charge in [-0.25, -0.2) is 0 Å². The lowest BCUT2D eigenvalue weighted by molar-refractivity contribution is 0.0424. The van der Waals surface area contributed by atoms with Crippen molar-refractivity contribution < 1.29 is 5.11 Å². The molecule has 0 saturated carbocycles. The zero-order valence-electron chi connectivity index (χ0n) is 9.07. The van der Waals surface area contributed by atoms with Crippen LogP contribution in [-0.4, -0.2) is 34.2 Å². The maximum absolute atomic E-state index is 9.61. The molecule has 1 aromatic heterocycles. The maximum atomic E-state index is 9.61. The topological polar surface area (TPSA) is 36.4 Å². The van der Waals surface area contributed by atoms with E-state index in [2.05, 4.69) is 9.88 Å². The second kappa shape index (κ2) is 4.53. The predicted octanol–water partition coefficient (Wildman–Crippen LogP) is 1.28. The lowest BCUT2D eigenvalue weighted by Gasteiger charge is -2.25. The number of aromatic nitrogens is 1. The Morgan fingerprint density at radius 2 is 2.21 bits per heavy atom. The Morgan fingerprint density at radius 1 is 1.50 bits per heavy atom. The molecule has 0 saturated heterocycles. The van der Waals surface area contributed by atoms with Crippen LogP contribution in [0.3, 0.4) is 0 Å². The van der Waals surface area contributed by atoms with Gasteiger partial charge in [0.2, 0.25) is 0 Å². The number of likely N-dealkylation sites (N-methyl/N-ethyl adjacent to an activating group) is 1. The number of pyridine rings is 1. The Labute approximate surface area is 85.4 Å². The summed E-state index contributed by atoms with van der Waals surface area (Å²) in [6, 6.07) is 3.96. The van der Waals surface area contributed by atoms with Crippen molar-refractivity contribution in [2.45, 2.75) is 26.0 Å². The third kappa shape index (κ3) is 4.35. The summed E-state index contributed by atoms with van der Waals surface area (Å²) in [5.41, 5.74) is 0.524. The maximum Gasteiger partial charge on any atom is 0.0718 e. The van der Waals surface area contributed by atoms with Crippen LogP contribution in [0.2, 0.25) is 0 Å². The van der Waals surface area contributed by atoms with Gasteiger partial charge in [-0.1, -0.05) is 6.07 Å². The number of hydrogen-bond acceptors (Lipinski definition) is 3. The Morgan fingerprint density at radius 3 is 2.71 bits per heavy atom. The molecule has 0 aromatic carbocycles. The van der Waals surface area contributed by atoms with Gasteiger partial charge >= 0.3 is 0 Å². The van der Waals surface area contributed by atoms with Crippen LogP contribution >= 0.6 is 0 Å². The van der Waals surface area contributed by atoms with Crippen molar-refractivity contribution in [3.8, 4) is 0 Å². The SMILES string of the molecule is CN(Cc1cccnc1)CC(C)(C)O. The molecule has 14 heavy (non-hydrogen) atoms. The molecule has 0 aliphatic carbocycles. The average Bonchev–Trinajstić information content (AvgIpc) is 2.02. The molecule has 0 atom stereocenters. The minimum Gasteiger partial charge on any atom is -0.389 e. The van der Waals surface area contributed by atoms with Gasteiger partial charge in [0, 0.05) is 25.5 Å². The molecule has 1 rings (SSSR count). The first-order valence-electron chi connectivity index (χ1n) is 4.77. The van der Waals surface area contributed by atoms with Crippen molar-refractivity contribution in [1.29, 1.82) is 0 Å². The molecular formula is C11H18N2O. The van der Waals surface area contributed by atoms with Gasteiger partial charge in [-0.3, -0.25) is 9.88 Å². The van der Waals surface area contributed by atoms with Crippen molar-refractivity contribution in [3.05, 3.63) is 30.1 Å². The number of hydrogen-bond donors (Lipinski definition) is 1. The summed E-state index contributed by atoms with van der Waals surface area (Å²) in [6.07, 6.45) is 3.61. The van der Waals surface area contributed by atoms with Crippen molar-refractivity contribution in [1.82, 2.24) is 9.88 Å². The molecule has 0 unspecified atom stereocenters. The fourth-order valence-corrected chi connectivity index (χ4v) is 1.52. The van der Waals surface area contributed by atoms with Crippen LogP contribution < -0.4 is 0 Å². The Kier molecular flexibility index (Phi) is 3.61. The summed E-state index contributed by atoms with van der Waals surface area (Å²) in [7, 11) is 1.99. The fraction of sp³-hybridized carbons (Fsp3) is 0.545. The van der Waals surface area contributed by atoms with E-state index in [1.165, 1.54) is 5.56 Å². The lowest BCUT2D eigenvalue weighted by atomic mass is 10.1. The Hall–Kier alpha value is -0.930. The van der Waals surface area contributed by atoms with E-state index in [1.54, 1.807) is 6.20 Å². The van der Waals surface area contributed by atoms with Gasteiger partial charge in [0.25, 0.3) is 0 Å². The normalized spacial score (nSPS) is 12.1. The molecule has 1 heterocycles. The highest BCUT2D eigenvalue weighted by Crippen LogP contribution is 2.06. The van der Waals surface area contributed by atoms with E-state index in [1.807, 2.05) is 39.2 Å². The fourth-order valence-electron chi connectivity index (χ4n) is 1.52. The van der Waals surface area contributed by atoms with Crippen LogP contribution in [0.25, 0.3) is 0 Å². The van der Waals surface area contributed by atoms with Gasteiger partial charge in [-0.2, -0.15) is 0 Å². The summed E-state index contributed by atoms with van der Waals surface area (Å²) >= 11 is 0. The van der Waals surface area contributed by atoms with Crippen molar-refractivity contribution in [2.75, 3.05) is 13.6 Å². The summed E-state index contributed by atoms with van der Waals surface area (Å²) in [5, 5.41) is 9.61. The standard InChI is InChI=1S/C11H18N2O/c1-11(2,14)9-13(3)8-10-5-4-6-12-7-10/h4-7,14H,8-9H2,1-3H3. The highest BCUT2D eigenvalue weighted by Gasteiger charge is 2.15. The first-order valence-corrected chi connectivity index (χ1v) is 4.77. The van der Waals surface area contributed by atoms with E-state index in [0.29, 0.717) is 6.54 Å². The molecule has 0 amide bonds. The van der Waals surface area contributed by atoms with Gasteiger partial charge in [0.1, 0.15) is 0 Å². The summed E-state index contributed by atoms with van der Waals surface area (Å²) in [4.78, 5) is 6.13. The average molecular weight is 194 g/mol. The molecule has 1 N–H and O–H groups in total. The molecular weight excluding hydrogens is 176 g/mol. The van der Waals surface area contributed by atoms with Gasteiger partial charge in [0.15, 0.2) is 0 Å². The van der Waals surface area contributed by atoms with Gasteiger partial charge < -0.3 is 5.11 Å². The molecule has 0 fully saturated rings. The second-order valence-corrected chi connectivity index (χ2v) is 4.35. The van der Waals surface area contributed by atoms with Crippen LogP contribution in [0.5, 0.6) is 0 Å². The minimum absolute atomic E-state index is 0.642. The summed E-state index contributed by atoms with van der Waals surface area (Å²) in [6.45, 7) is 5.10. The lowest BCUT2D eigenvalue weighted by Crippen LogP contribution is -2.35. The largest absolute Gasteiger partial charge is 0.389 e. The highest BCUT2D eigenvalue weighted by atomic mass is 16.3. The van der Waals surface area contributed by atoms with Crippen molar-refractivity contribution >= 4 is 0 Å². The van der Waals surface area contributed by atoms with Gasteiger partial charge in [-0.15, -0.1) is 0 Å². The first-order chi connectivity index (χ1) is 6.47. The molecule has 0 spiro atoms. The molecule has 3 heteroatoms. The molecule has 0 radical (unpaired) electrons. The summed E-state index contributed by atoms with van der Waals surface area (Å²) < 4.78 is 0. The second-order valence-electron chi connectivity index (χ2n) is 4.35. The van der Waals surface area contributed by atoms with Crippen LogP contribution in [0.15, 0.2) is 24.5 Å². The van der Waals surface area contributed by atoms with E-state index in [0.717, 1.165) is 6.54 Å². The highest BCUT2D eigenvalue weighted by molar-refractivity contribution is 5.07. The predicted molar refractivity (Wildman–Crippen MR) is 56.9 cm³/mol. The third-order valence-corrected chi connectivity index (χ3v) is 1.83. The van der Waals surface area contributed by atoms with Gasteiger partial charge in [0.05, 0.1) is 5.60 Å². The van der Waals surface area contributed by atoms with E-state index < -0.39 is 5.60 Å². The van der Waals surface area contributed by atoms with Crippen molar-refractivity contribution in [3.63, 3.8) is 0 Å². The molecule has 78 valence electrons. The smallest absolute Gasteiger partial charge is 0.0718 e. The van der Waals surface area contributed by atoms with E-state index in [-0.39, 0.29) is 0 Å². The van der Waals surface area contributed by atoms with Gasteiger partial charge in [-0.05, 0) is 32.5 Å². The molecule has 0 aliphatic rings. The molecule has 1 aromatic rings. The summed E-state index contributed by atoms with van der Waals surface area (Å²) in [5.74, 6) is 0. The molecule has 0 bridgehead atoms. The van der Waals surface area contributed by atoms with Crippen LogP contribution in [0.1, 0.15) is 19.4 Å². The quantitative estimate of drug-likeness (QED) is 0.784. The third-order valence-electron chi connectivity index (χ3n) is 1.83. The minimum atomic E-state index is -0.642. The first kappa shape index (κ1) is 11.1. The van der Waals surface area contributed by atoms with E-state index in [4.69, 9.17) is 0 Å². The monoisotopic (exact) mass is 194 g/mol. The number of nitrogens with zero attached hydrogens (tertiary/aromatic N) is 2. The van der Waals surface area contributed by atoms with Crippen LogP contribution in [0, 0.1) is 0 Å². The zero-order valence-corrected chi connectivity index (χ0v) is 9.07. The number of rotatable bonds is 4. The molecule has 3 nitrogen and oxygen atoms in total.